The van der Waals surface area contributed by atoms with Crippen LogP contribution in [-0.4, -0.2) is 55.7 Å². The molecule has 214 valence electrons. The Kier molecular flexibility index (Phi) is 6.91. The molecule has 0 radical (unpaired) electrons. The summed E-state index contributed by atoms with van der Waals surface area (Å²) in [6.45, 7) is 0.512. The van der Waals surface area contributed by atoms with E-state index < -0.39 is 24.9 Å². The van der Waals surface area contributed by atoms with Crippen molar-refractivity contribution in [1.29, 1.82) is 0 Å². The van der Waals surface area contributed by atoms with E-state index in [0.29, 0.717) is 48.1 Å². The van der Waals surface area contributed by atoms with Crippen LogP contribution >= 0.6 is 0 Å². The average Bonchev–Trinajstić information content (AvgIpc) is 3.72. The number of hydrogen-bond acceptors (Lipinski definition) is 8. The molecule has 0 bridgehead atoms. The molecular weight excluding hydrogens is 549 g/mol. The highest BCUT2D eigenvalue weighted by atomic mass is 19.4. The minimum atomic E-state index is -4.53. The van der Waals surface area contributed by atoms with Crippen molar-refractivity contribution < 1.29 is 31.4 Å². The lowest BCUT2D eigenvalue weighted by atomic mass is 10.1. The second-order valence-electron chi connectivity index (χ2n) is 9.82. The first-order valence-corrected chi connectivity index (χ1v) is 12.9. The molecule has 41 heavy (non-hydrogen) atoms. The highest BCUT2D eigenvalue weighted by Gasteiger charge is 2.35. The van der Waals surface area contributed by atoms with Gasteiger partial charge in [0.05, 0.1) is 18.4 Å². The molecule has 0 spiro atoms. The number of aromatic nitrogens is 6. The first-order valence-electron chi connectivity index (χ1n) is 12.9. The normalized spacial score (nSPS) is 15.1. The molecule has 0 atom stereocenters. The van der Waals surface area contributed by atoms with Gasteiger partial charge in [-0.25, -0.2) is 33.7 Å². The van der Waals surface area contributed by atoms with Crippen molar-refractivity contribution in [3.8, 4) is 34.4 Å². The highest BCUT2D eigenvalue weighted by molar-refractivity contribution is 5.69. The van der Waals surface area contributed by atoms with Crippen LogP contribution in [0.3, 0.4) is 0 Å². The monoisotopic (exact) mass is 573 g/mol. The van der Waals surface area contributed by atoms with Crippen LogP contribution in [0.15, 0.2) is 43.0 Å². The number of benzene rings is 1. The Hall–Kier alpha value is -4.36. The van der Waals surface area contributed by atoms with E-state index in [-0.39, 0.29) is 23.4 Å². The van der Waals surface area contributed by atoms with Crippen molar-refractivity contribution in [2.45, 2.75) is 37.9 Å². The van der Waals surface area contributed by atoms with E-state index in [4.69, 9.17) is 14.5 Å². The van der Waals surface area contributed by atoms with Gasteiger partial charge in [0.1, 0.15) is 24.3 Å². The van der Waals surface area contributed by atoms with E-state index in [1.54, 1.807) is 12.1 Å². The number of fused-ring (bicyclic) bond motifs is 1. The number of nitrogens with zero attached hydrogens (tertiary/aromatic N) is 7. The molecule has 14 heteroatoms. The number of imidazole rings is 1. The van der Waals surface area contributed by atoms with Crippen LogP contribution in [-0.2, 0) is 19.8 Å². The lowest BCUT2D eigenvalue weighted by molar-refractivity contribution is -0.140. The molecule has 9 nitrogen and oxygen atoms in total. The van der Waals surface area contributed by atoms with E-state index in [1.807, 2.05) is 17.0 Å². The van der Waals surface area contributed by atoms with Gasteiger partial charge in [-0.3, -0.25) is 0 Å². The van der Waals surface area contributed by atoms with Gasteiger partial charge in [0, 0.05) is 31.3 Å². The fraction of sp³-hybridized carbons (Fsp3) is 0.370. The quantitative estimate of drug-likeness (QED) is 0.263. The van der Waals surface area contributed by atoms with E-state index in [9.17, 15) is 22.0 Å². The summed E-state index contributed by atoms with van der Waals surface area (Å²) in [5.74, 6) is 1.58. The Morgan fingerprint density at radius 1 is 1.07 bits per heavy atom. The first kappa shape index (κ1) is 26.8. The molecule has 1 aliphatic heterocycles. The topological polar surface area (TPSA) is 91.1 Å². The summed E-state index contributed by atoms with van der Waals surface area (Å²) in [5.41, 5.74) is 1.53. The van der Waals surface area contributed by atoms with Crippen molar-refractivity contribution in [2.75, 3.05) is 24.7 Å². The van der Waals surface area contributed by atoms with Crippen LogP contribution in [0, 0.1) is 0 Å². The van der Waals surface area contributed by atoms with E-state index in [0.717, 1.165) is 24.6 Å². The Balaban J connectivity index is 1.28. The van der Waals surface area contributed by atoms with E-state index in [2.05, 4.69) is 19.9 Å². The van der Waals surface area contributed by atoms with Gasteiger partial charge in [0.15, 0.2) is 29.7 Å². The Morgan fingerprint density at radius 3 is 2.54 bits per heavy atom. The SMILES string of the molecule is Cn1cc(C(F)(F)F)nc1-c1ccc(CN2CCOc3cnc(-c4c(OCC(F)F)ncnc4C4CC4)nc32)cc1. The fourth-order valence-corrected chi connectivity index (χ4v) is 4.70. The number of rotatable bonds is 8. The number of ether oxygens (including phenoxy) is 2. The molecule has 4 aromatic rings. The number of aryl methyl sites for hydroxylation is 1. The maximum atomic E-state index is 13.1. The van der Waals surface area contributed by atoms with Gasteiger partial charge in [-0.1, -0.05) is 24.3 Å². The second-order valence-corrected chi connectivity index (χ2v) is 9.82. The lowest BCUT2D eigenvalue weighted by Gasteiger charge is -2.30. The molecule has 2 aliphatic rings. The third-order valence-electron chi connectivity index (χ3n) is 6.78. The number of anilines is 1. The van der Waals surface area contributed by atoms with Crippen molar-refractivity contribution >= 4 is 5.82 Å². The van der Waals surface area contributed by atoms with Crippen molar-refractivity contribution in [3.05, 3.63) is 59.9 Å². The van der Waals surface area contributed by atoms with Gasteiger partial charge in [-0.2, -0.15) is 13.2 Å². The number of alkyl halides is 5. The largest absolute Gasteiger partial charge is 0.486 e. The summed E-state index contributed by atoms with van der Waals surface area (Å²) in [4.78, 5) is 23.4. The summed E-state index contributed by atoms with van der Waals surface area (Å²) in [6.07, 6.45) is -1.60. The standard InChI is InChI=1S/C27H24F5N7O2/c1-38-12-19(27(30,31)32)36-24(38)17-4-2-15(3-5-17)11-39-8-9-40-18-10-33-23(37-25(18)39)21-22(16-6-7-16)34-14-35-26(21)41-13-20(28)29/h2-5,10,12,14,16,20H,6-9,11,13H2,1H3. The third kappa shape index (κ3) is 5.63. The van der Waals surface area contributed by atoms with Crippen LogP contribution in [0.1, 0.15) is 35.7 Å². The minimum absolute atomic E-state index is 0.00369. The van der Waals surface area contributed by atoms with Crippen LogP contribution in [0.4, 0.5) is 27.8 Å². The molecule has 0 saturated heterocycles. The van der Waals surface area contributed by atoms with Crippen LogP contribution in [0.5, 0.6) is 11.6 Å². The van der Waals surface area contributed by atoms with Gasteiger partial charge in [-0.15, -0.1) is 0 Å². The van der Waals surface area contributed by atoms with Crippen molar-refractivity contribution in [3.63, 3.8) is 0 Å². The molecular formula is C27H24F5N7O2. The summed E-state index contributed by atoms with van der Waals surface area (Å²) in [6, 6.07) is 7.09. The van der Waals surface area contributed by atoms with Gasteiger partial charge >= 0.3 is 6.18 Å². The van der Waals surface area contributed by atoms with Crippen molar-refractivity contribution in [2.24, 2.45) is 7.05 Å². The zero-order valence-corrected chi connectivity index (χ0v) is 21.8. The predicted octanol–water partition coefficient (Wildman–Crippen LogP) is 5.27. The van der Waals surface area contributed by atoms with E-state index in [1.165, 1.54) is 24.1 Å². The van der Waals surface area contributed by atoms with E-state index >= 15 is 0 Å². The van der Waals surface area contributed by atoms with Gasteiger partial charge in [-0.05, 0) is 18.4 Å². The molecule has 1 aromatic carbocycles. The smallest absolute Gasteiger partial charge is 0.434 e. The predicted molar refractivity (Wildman–Crippen MR) is 137 cm³/mol. The maximum absolute atomic E-state index is 13.1. The summed E-state index contributed by atoms with van der Waals surface area (Å²) in [5, 5.41) is 0. The highest BCUT2D eigenvalue weighted by Crippen LogP contribution is 2.45. The fourth-order valence-electron chi connectivity index (χ4n) is 4.70. The first-order chi connectivity index (χ1) is 19.7. The van der Waals surface area contributed by atoms with Gasteiger partial charge < -0.3 is 18.9 Å². The summed E-state index contributed by atoms with van der Waals surface area (Å²) in [7, 11) is 1.52. The van der Waals surface area contributed by atoms with Gasteiger partial charge in [0.25, 0.3) is 6.43 Å². The zero-order valence-electron chi connectivity index (χ0n) is 21.8. The lowest BCUT2D eigenvalue weighted by Crippen LogP contribution is -2.33. The molecule has 0 N–H and O–H groups in total. The Labute approximate surface area is 231 Å². The van der Waals surface area contributed by atoms with Crippen LogP contribution in [0.2, 0.25) is 0 Å². The molecule has 1 fully saturated rings. The van der Waals surface area contributed by atoms with Crippen molar-refractivity contribution in [1.82, 2.24) is 29.5 Å². The average molecular weight is 574 g/mol. The van der Waals surface area contributed by atoms with Crippen LogP contribution in [0.25, 0.3) is 22.8 Å². The third-order valence-corrected chi connectivity index (χ3v) is 6.78. The molecule has 0 amide bonds. The minimum Gasteiger partial charge on any atom is -0.486 e. The molecule has 6 rings (SSSR count). The Morgan fingerprint density at radius 2 is 1.85 bits per heavy atom. The Bertz CT molecular complexity index is 1550. The van der Waals surface area contributed by atoms with Gasteiger partial charge in [0.2, 0.25) is 5.88 Å². The second kappa shape index (κ2) is 10.6. The number of hydrogen-bond donors (Lipinski definition) is 0. The molecule has 1 saturated carbocycles. The molecule has 0 unspecified atom stereocenters. The van der Waals surface area contributed by atoms with Crippen LogP contribution < -0.4 is 14.4 Å². The molecule has 1 aliphatic carbocycles. The maximum Gasteiger partial charge on any atom is 0.434 e. The summed E-state index contributed by atoms with van der Waals surface area (Å²) >= 11 is 0. The number of halogens is 5. The zero-order chi connectivity index (χ0) is 28.7. The molecule has 3 aromatic heterocycles. The molecule has 4 heterocycles. The summed E-state index contributed by atoms with van der Waals surface area (Å²) < 4.78 is 77.6.